The van der Waals surface area contributed by atoms with Crippen molar-refractivity contribution in [2.45, 2.75) is 6.42 Å². The molecular weight excluding hydrogens is 147 g/mol. The number of thiol groups is 2. The van der Waals surface area contributed by atoms with Gasteiger partial charge in [-0.15, -0.1) is 25.3 Å². The van der Waals surface area contributed by atoms with Crippen molar-refractivity contribution < 1.29 is 9.18 Å². The molecule has 0 atom stereocenters. The Bertz CT molecular complexity index is 117. The minimum absolute atomic E-state index is 0.234. The van der Waals surface area contributed by atoms with Crippen LogP contribution in [-0.4, -0.2) is 6.04 Å². The van der Waals surface area contributed by atoms with Gasteiger partial charge in [-0.3, -0.25) is 4.79 Å². The first-order valence-corrected chi connectivity index (χ1v) is 2.79. The van der Waals surface area contributed by atoms with Gasteiger partial charge in [-0.25, -0.2) is 0 Å². The topological polar surface area (TPSA) is 17.1 Å². The second-order valence-corrected chi connectivity index (χ2v) is 2.44. The fourth-order valence-electron chi connectivity index (χ4n) is 0.172. The Labute approximate surface area is 57.8 Å². The predicted molar refractivity (Wildman–Crippen MR) is 36.8 cm³/mol. The first-order valence-electron chi connectivity index (χ1n) is 1.89. The number of hydrogen-bond donors (Lipinski definition) is 2. The van der Waals surface area contributed by atoms with Crippen LogP contribution in [0.2, 0.25) is 0 Å². The summed E-state index contributed by atoms with van der Waals surface area (Å²) in [6.45, 7) is 0. The van der Waals surface area contributed by atoms with Crippen molar-refractivity contribution in [3.05, 3.63) is 10.3 Å². The van der Waals surface area contributed by atoms with E-state index in [0.717, 1.165) is 0 Å². The molecule has 4 heteroatoms. The van der Waals surface area contributed by atoms with E-state index in [9.17, 15) is 9.18 Å². The van der Waals surface area contributed by atoms with Crippen molar-refractivity contribution in [3.8, 4) is 0 Å². The molecule has 0 heterocycles. The molecule has 0 aliphatic heterocycles. The lowest BCUT2D eigenvalue weighted by molar-refractivity contribution is -0.128. The highest BCUT2D eigenvalue weighted by Gasteiger charge is 1.91. The maximum atomic E-state index is 11.3. The zero-order valence-corrected chi connectivity index (χ0v) is 5.75. The van der Waals surface area contributed by atoms with Crippen LogP contribution in [0, 0.1) is 0 Å². The summed E-state index contributed by atoms with van der Waals surface area (Å²) in [6, 6.07) is -1.37. The number of carbonyl (C=O) groups is 1. The maximum Gasteiger partial charge on any atom is 0.305 e. The van der Waals surface area contributed by atoms with Gasteiger partial charge in [0.15, 0.2) is 0 Å². The molecule has 1 nitrogen and oxygen atoms in total. The summed E-state index contributed by atoms with van der Waals surface area (Å²) < 4.78 is 11.7. The molecule has 0 aromatic heterocycles. The van der Waals surface area contributed by atoms with Gasteiger partial charge >= 0.3 is 6.04 Å². The van der Waals surface area contributed by atoms with E-state index >= 15 is 0 Å². The van der Waals surface area contributed by atoms with Crippen molar-refractivity contribution in [3.63, 3.8) is 0 Å². The Kier molecular flexibility index (Phi) is 3.99. The molecule has 0 bridgehead atoms. The highest BCUT2D eigenvalue weighted by molar-refractivity contribution is 8.05. The van der Waals surface area contributed by atoms with E-state index in [1.165, 1.54) is 6.08 Å². The number of halogens is 1. The number of carbonyl (C=O) groups excluding carboxylic acids is 1. The number of allylic oxidation sites excluding steroid dienone is 1. The second kappa shape index (κ2) is 3.97. The normalized spacial score (nSPS) is 8.38. The van der Waals surface area contributed by atoms with Crippen LogP contribution in [0.3, 0.4) is 0 Å². The van der Waals surface area contributed by atoms with Crippen LogP contribution in [0.25, 0.3) is 0 Å². The number of hydrogen-bond acceptors (Lipinski definition) is 3. The average Bonchev–Trinajstić information content (AvgIpc) is 1.61. The van der Waals surface area contributed by atoms with E-state index in [-0.39, 0.29) is 6.42 Å². The summed E-state index contributed by atoms with van der Waals surface area (Å²) in [4.78, 5) is 9.57. The molecule has 0 saturated carbocycles. The lowest BCUT2D eigenvalue weighted by Gasteiger charge is -1.81. The van der Waals surface area contributed by atoms with E-state index in [0.29, 0.717) is 4.24 Å². The molecule has 0 fully saturated rings. The van der Waals surface area contributed by atoms with Crippen LogP contribution in [0.4, 0.5) is 4.39 Å². The average molecular weight is 152 g/mol. The van der Waals surface area contributed by atoms with Crippen LogP contribution < -0.4 is 0 Å². The second-order valence-electron chi connectivity index (χ2n) is 1.12. The lowest BCUT2D eigenvalue weighted by Crippen LogP contribution is -1.80. The summed E-state index contributed by atoms with van der Waals surface area (Å²) >= 11 is 7.36. The first-order chi connectivity index (χ1) is 3.63. The van der Waals surface area contributed by atoms with Crippen molar-refractivity contribution >= 4 is 31.3 Å². The third kappa shape index (κ3) is 6.04. The Morgan fingerprint density at radius 3 is 2.25 bits per heavy atom. The summed E-state index contributed by atoms with van der Waals surface area (Å²) in [5.41, 5.74) is 0. The summed E-state index contributed by atoms with van der Waals surface area (Å²) in [5, 5.41) is 0. The minimum Gasteiger partial charge on any atom is -0.261 e. The van der Waals surface area contributed by atoms with E-state index in [4.69, 9.17) is 0 Å². The van der Waals surface area contributed by atoms with Crippen molar-refractivity contribution in [2.75, 3.05) is 0 Å². The monoisotopic (exact) mass is 152 g/mol. The first kappa shape index (κ1) is 8.04. The predicted octanol–water partition coefficient (Wildman–Crippen LogP) is 1.57. The highest BCUT2D eigenvalue weighted by Crippen LogP contribution is 2.05. The van der Waals surface area contributed by atoms with Gasteiger partial charge in [0.1, 0.15) is 0 Å². The molecule has 0 aromatic carbocycles. The third-order valence-electron chi connectivity index (χ3n) is 0.445. The summed E-state index contributed by atoms with van der Waals surface area (Å²) in [6.07, 6.45) is 1.05. The standard InChI is InChI=1S/C4H5FOS2/c5-3(6)1-2-4(7)8/h2,7-8H,1H2. The molecule has 0 rings (SSSR count). The van der Waals surface area contributed by atoms with Gasteiger partial charge in [-0.1, -0.05) is 6.08 Å². The lowest BCUT2D eigenvalue weighted by atomic mass is 10.5. The molecule has 0 spiro atoms. The van der Waals surface area contributed by atoms with E-state index < -0.39 is 6.04 Å². The van der Waals surface area contributed by atoms with Crippen molar-refractivity contribution in [1.82, 2.24) is 0 Å². The molecular formula is C4H5FOS2. The van der Waals surface area contributed by atoms with Gasteiger partial charge < -0.3 is 0 Å². The van der Waals surface area contributed by atoms with Gasteiger partial charge in [0.05, 0.1) is 6.42 Å². The van der Waals surface area contributed by atoms with Crippen LogP contribution >= 0.6 is 25.3 Å². The largest absolute Gasteiger partial charge is 0.305 e. The maximum absolute atomic E-state index is 11.3. The Morgan fingerprint density at radius 1 is 1.62 bits per heavy atom. The van der Waals surface area contributed by atoms with Gasteiger partial charge in [0.25, 0.3) is 0 Å². The molecule has 0 aromatic rings. The minimum atomic E-state index is -1.37. The molecule has 8 heavy (non-hydrogen) atoms. The molecule has 0 saturated heterocycles. The molecule has 46 valence electrons. The van der Waals surface area contributed by atoms with Crippen molar-refractivity contribution in [2.24, 2.45) is 0 Å². The summed E-state index contributed by atoms with van der Waals surface area (Å²) in [7, 11) is 0. The fraction of sp³-hybridized carbons (Fsp3) is 0.250. The van der Waals surface area contributed by atoms with E-state index in [1.54, 1.807) is 0 Å². The molecule has 0 aliphatic rings. The van der Waals surface area contributed by atoms with Crippen molar-refractivity contribution in [1.29, 1.82) is 0 Å². The Balaban J connectivity index is 3.45. The Morgan fingerprint density at radius 2 is 2.12 bits per heavy atom. The molecule has 0 radical (unpaired) electrons. The molecule has 0 unspecified atom stereocenters. The Hall–Kier alpha value is 0.0400. The van der Waals surface area contributed by atoms with Gasteiger partial charge in [0, 0.05) is 4.24 Å². The summed E-state index contributed by atoms with van der Waals surface area (Å²) in [5.74, 6) is 0. The fourth-order valence-corrected chi connectivity index (χ4v) is 0.354. The van der Waals surface area contributed by atoms with E-state index in [1.807, 2.05) is 0 Å². The van der Waals surface area contributed by atoms with Crippen LogP contribution in [0.15, 0.2) is 10.3 Å². The molecule has 0 amide bonds. The van der Waals surface area contributed by atoms with Gasteiger partial charge in [0.2, 0.25) is 0 Å². The quantitative estimate of drug-likeness (QED) is 0.454. The SMILES string of the molecule is O=C(F)CC=C(S)S. The van der Waals surface area contributed by atoms with Crippen LogP contribution in [0.1, 0.15) is 6.42 Å². The zero-order valence-electron chi connectivity index (χ0n) is 3.97. The van der Waals surface area contributed by atoms with E-state index in [2.05, 4.69) is 25.3 Å². The molecule has 0 aliphatic carbocycles. The molecule has 0 N–H and O–H groups in total. The number of rotatable bonds is 2. The van der Waals surface area contributed by atoms with Crippen LogP contribution in [0.5, 0.6) is 0 Å². The van der Waals surface area contributed by atoms with Gasteiger partial charge in [-0.05, 0) is 0 Å². The third-order valence-corrected chi connectivity index (χ3v) is 0.810. The highest BCUT2D eigenvalue weighted by atomic mass is 32.2. The van der Waals surface area contributed by atoms with Crippen LogP contribution in [-0.2, 0) is 4.79 Å². The van der Waals surface area contributed by atoms with Gasteiger partial charge in [-0.2, -0.15) is 4.39 Å². The zero-order chi connectivity index (χ0) is 6.57. The smallest absolute Gasteiger partial charge is 0.261 e.